The van der Waals surface area contributed by atoms with Gasteiger partial charge in [-0.1, -0.05) is 291 Å². The lowest BCUT2D eigenvalue weighted by atomic mass is 9.99. The minimum atomic E-state index is -1.62. The second-order valence-electron chi connectivity index (χ2n) is 24.2. The molecular weight excluding hydrogens is 1070 g/mol. The van der Waals surface area contributed by atoms with Crippen molar-refractivity contribution in [2.24, 2.45) is 0 Å². The van der Waals surface area contributed by atoms with Gasteiger partial charge in [-0.25, -0.2) is 0 Å². The van der Waals surface area contributed by atoms with E-state index in [9.17, 15) is 35.1 Å². The van der Waals surface area contributed by atoms with E-state index in [0.29, 0.717) is 12.8 Å². The number of hydrogen-bond acceptors (Lipinski definition) is 10. The van der Waals surface area contributed by atoms with Crippen LogP contribution in [0.2, 0.25) is 0 Å². The van der Waals surface area contributed by atoms with Crippen LogP contribution in [0.5, 0.6) is 0 Å². The summed E-state index contributed by atoms with van der Waals surface area (Å²) in [6.45, 7) is 5.66. The van der Waals surface area contributed by atoms with Crippen molar-refractivity contribution in [1.29, 1.82) is 0 Å². The lowest BCUT2D eigenvalue weighted by molar-refractivity contribution is -0.305. The molecule has 11 heteroatoms. The van der Waals surface area contributed by atoms with Crippen LogP contribution in [0.4, 0.5) is 0 Å². The second-order valence-corrected chi connectivity index (χ2v) is 24.2. The second kappa shape index (κ2) is 61.8. The number of nitrogens with one attached hydrogen (secondary N) is 1. The number of unbranched alkanes of at least 4 members (excludes halogenated alkanes) is 32. The molecule has 8 unspecified atom stereocenters. The molecular formula is C75H131NO10. The first-order valence-corrected chi connectivity index (χ1v) is 35.5. The summed E-state index contributed by atoms with van der Waals surface area (Å²) in [6.07, 6.45) is 73.0. The fourth-order valence-electron chi connectivity index (χ4n) is 10.7. The molecule has 11 nitrogen and oxygen atoms in total. The Hall–Kier alpha value is -3.42. The normalized spacial score (nSPS) is 18.9. The van der Waals surface area contributed by atoms with Crippen LogP contribution in [-0.4, -0.2) is 99.6 Å². The van der Waals surface area contributed by atoms with Crippen molar-refractivity contribution in [2.75, 3.05) is 13.2 Å². The highest BCUT2D eigenvalue weighted by atomic mass is 16.7. The maximum absolute atomic E-state index is 13.5. The maximum Gasteiger partial charge on any atom is 0.306 e. The van der Waals surface area contributed by atoms with E-state index in [1.165, 1.54) is 154 Å². The molecule has 1 amide bonds. The van der Waals surface area contributed by atoms with E-state index in [1.807, 2.05) is 6.08 Å². The van der Waals surface area contributed by atoms with Gasteiger partial charge in [0.1, 0.15) is 24.4 Å². The molecule has 0 bridgehead atoms. The van der Waals surface area contributed by atoms with Crippen LogP contribution >= 0.6 is 0 Å². The Morgan fingerprint density at radius 3 is 1.28 bits per heavy atom. The van der Waals surface area contributed by atoms with Crippen molar-refractivity contribution in [2.45, 2.75) is 352 Å². The van der Waals surface area contributed by atoms with E-state index >= 15 is 0 Å². The summed E-state index contributed by atoms with van der Waals surface area (Å²) < 4.78 is 17.7. The van der Waals surface area contributed by atoms with Crippen LogP contribution < -0.4 is 5.32 Å². The highest BCUT2D eigenvalue weighted by molar-refractivity contribution is 5.80. The van der Waals surface area contributed by atoms with Gasteiger partial charge in [-0.15, -0.1) is 0 Å². The summed E-state index contributed by atoms with van der Waals surface area (Å²) in [5.74, 6) is -1.21. The van der Waals surface area contributed by atoms with Gasteiger partial charge in [-0.05, 0) is 103 Å². The van der Waals surface area contributed by atoms with Gasteiger partial charge in [-0.2, -0.15) is 0 Å². The lowest BCUT2D eigenvalue weighted by Crippen LogP contribution is -2.61. The number of rotatable bonds is 60. The average molecular weight is 1210 g/mol. The van der Waals surface area contributed by atoms with E-state index in [2.05, 4.69) is 111 Å². The van der Waals surface area contributed by atoms with Crippen LogP contribution in [-0.2, 0) is 23.8 Å². The van der Waals surface area contributed by atoms with E-state index in [0.717, 1.165) is 103 Å². The SMILES string of the molecule is CC/C=C\C/C=C\C/C=C\C/C=C\C/C=C\CCCCCCC(O)C(=O)NC(COC1OC(CO)C(O)C(O)C1OC(=O)CCCCCCCCCCCCCCCCC/C=C\C/C=C\CCCCC)C(O)/C=C/CCCCCCCCCCCC. The number of aliphatic hydroxyl groups excluding tert-OH is 5. The molecule has 0 aliphatic carbocycles. The molecule has 0 aromatic carbocycles. The summed E-state index contributed by atoms with van der Waals surface area (Å²) in [5.41, 5.74) is 0. The third kappa shape index (κ3) is 48.5. The van der Waals surface area contributed by atoms with Gasteiger partial charge in [0.05, 0.1) is 25.4 Å². The van der Waals surface area contributed by atoms with Crippen molar-refractivity contribution in [3.63, 3.8) is 0 Å². The van der Waals surface area contributed by atoms with Crippen molar-refractivity contribution in [3.05, 3.63) is 97.2 Å². The Morgan fingerprint density at radius 2 is 0.837 bits per heavy atom. The molecule has 1 fully saturated rings. The average Bonchev–Trinajstić information content (AvgIpc) is 3.30. The predicted octanol–water partition coefficient (Wildman–Crippen LogP) is 18.2. The third-order valence-electron chi connectivity index (χ3n) is 16.2. The van der Waals surface area contributed by atoms with E-state index in [-0.39, 0.29) is 19.4 Å². The maximum atomic E-state index is 13.5. The number of ether oxygens (including phenoxy) is 3. The first-order chi connectivity index (χ1) is 42.2. The topological polar surface area (TPSA) is 175 Å². The largest absolute Gasteiger partial charge is 0.454 e. The Morgan fingerprint density at radius 1 is 0.465 bits per heavy atom. The third-order valence-corrected chi connectivity index (χ3v) is 16.2. The quantitative estimate of drug-likeness (QED) is 0.0195. The minimum absolute atomic E-state index is 0.118. The Labute approximate surface area is 526 Å². The number of amides is 1. The van der Waals surface area contributed by atoms with Crippen molar-refractivity contribution < 1.29 is 49.3 Å². The number of carbonyl (C=O) groups is 2. The Kier molecular flexibility index (Phi) is 57.9. The van der Waals surface area contributed by atoms with E-state index < -0.39 is 67.4 Å². The van der Waals surface area contributed by atoms with E-state index in [1.54, 1.807) is 6.08 Å². The van der Waals surface area contributed by atoms with Crippen molar-refractivity contribution in [1.82, 2.24) is 5.32 Å². The molecule has 1 rings (SSSR count). The summed E-state index contributed by atoms with van der Waals surface area (Å²) in [6, 6.07) is -1.04. The predicted molar refractivity (Wildman–Crippen MR) is 361 cm³/mol. The molecule has 496 valence electrons. The monoisotopic (exact) mass is 1210 g/mol. The molecule has 1 heterocycles. The number of esters is 1. The van der Waals surface area contributed by atoms with E-state index in [4.69, 9.17) is 14.2 Å². The number of hydrogen-bond donors (Lipinski definition) is 6. The zero-order chi connectivity index (χ0) is 62.4. The molecule has 6 N–H and O–H groups in total. The number of allylic oxidation sites excluding steroid dienone is 15. The molecule has 1 aliphatic rings. The summed E-state index contributed by atoms with van der Waals surface area (Å²) in [4.78, 5) is 26.7. The van der Waals surface area contributed by atoms with Crippen molar-refractivity contribution in [3.8, 4) is 0 Å². The zero-order valence-electron chi connectivity index (χ0n) is 55.2. The summed E-state index contributed by atoms with van der Waals surface area (Å²) in [7, 11) is 0. The highest BCUT2D eigenvalue weighted by Gasteiger charge is 2.47. The standard InChI is InChI=1S/C75H131NO10/c1-4-7-10-13-16-19-22-25-27-29-31-33-34-35-36-37-39-41-43-45-48-51-54-57-60-63-70(80)86-73-72(82)71(81)69(64-77)85-75(73)84-65-66(67(78)61-58-55-52-49-46-24-21-18-15-12-9-6-3)76-74(83)68(79)62-59-56-53-50-47-44-42-40-38-32-30-28-26-23-20-17-14-11-8-5-2/h8,11,16-17,19-20,25-28,32,38,42,44,58,61,66-69,71-73,75,77-79,81-82H,4-7,9-10,12-15,18,21-24,29-31,33-37,39-41,43,45-57,59-60,62-65H2,1-3H3,(H,76,83)/b11-8-,19-16-,20-17-,27-25-,28-26-,38-32-,44-42-,61-58+. The van der Waals surface area contributed by atoms with Gasteiger partial charge in [0.15, 0.2) is 12.4 Å². The van der Waals surface area contributed by atoms with Crippen LogP contribution in [0.1, 0.15) is 303 Å². The number of aliphatic hydroxyl groups is 5. The molecule has 8 atom stereocenters. The summed E-state index contributed by atoms with van der Waals surface area (Å²) in [5, 5.41) is 57.2. The fourth-order valence-corrected chi connectivity index (χ4v) is 10.7. The minimum Gasteiger partial charge on any atom is -0.454 e. The molecule has 1 saturated heterocycles. The van der Waals surface area contributed by atoms with Crippen LogP contribution in [0, 0.1) is 0 Å². The van der Waals surface area contributed by atoms with Gasteiger partial charge in [0.2, 0.25) is 5.91 Å². The van der Waals surface area contributed by atoms with Gasteiger partial charge in [0.25, 0.3) is 0 Å². The first kappa shape index (κ1) is 80.6. The fraction of sp³-hybridized carbons (Fsp3) is 0.760. The molecule has 0 radical (unpaired) electrons. The Bertz CT molecular complexity index is 1770. The lowest BCUT2D eigenvalue weighted by Gasteiger charge is -2.41. The smallest absolute Gasteiger partial charge is 0.306 e. The van der Waals surface area contributed by atoms with Crippen LogP contribution in [0.25, 0.3) is 0 Å². The number of carbonyl (C=O) groups excluding carboxylic acids is 2. The summed E-state index contributed by atoms with van der Waals surface area (Å²) >= 11 is 0. The Balaban J connectivity index is 2.58. The molecule has 0 aromatic heterocycles. The molecule has 1 aliphatic heterocycles. The molecule has 0 saturated carbocycles. The first-order valence-electron chi connectivity index (χ1n) is 35.5. The molecule has 0 aromatic rings. The van der Waals surface area contributed by atoms with Gasteiger partial charge in [-0.3, -0.25) is 9.59 Å². The van der Waals surface area contributed by atoms with Gasteiger partial charge in [0, 0.05) is 6.42 Å². The van der Waals surface area contributed by atoms with Gasteiger partial charge < -0.3 is 45.1 Å². The van der Waals surface area contributed by atoms with Crippen LogP contribution in [0.3, 0.4) is 0 Å². The molecule has 86 heavy (non-hydrogen) atoms. The van der Waals surface area contributed by atoms with Crippen molar-refractivity contribution >= 4 is 11.9 Å². The molecule has 0 spiro atoms. The zero-order valence-corrected chi connectivity index (χ0v) is 55.2. The highest BCUT2D eigenvalue weighted by Crippen LogP contribution is 2.26. The van der Waals surface area contributed by atoms with Gasteiger partial charge >= 0.3 is 5.97 Å². The van der Waals surface area contributed by atoms with Crippen LogP contribution in [0.15, 0.2) is 97.2 Å².